The molecule has 0 radical (unpaired) electrons. The number of aliphatic hydroxyl groups is 1. The first kappa shape index (κ1) is 18.4. The highest BCUT2D eigenvalue weighted by Crippen LogP contribution is 2.22. The topological polar surface area (TPSA) is 92.4 Å². The first-order valence-corrected chi connectivity index (χ1v) is 7.99. The van der Waals surface area contributed by atoms with E-state index in [1.807, 2.05) is 25.1 Å². The van der Waals surface area contributed by atoms with Crippen LogP contribution in [0.4, 0.5) is 0 Å². The van der Waals surface area contributed by atoms with Crippen LogP contribution in [-0.4, -0.2) is 23.8 Å². The zero-order chi connectivity index (χ0) is 18.4. The Labute approximate surface area is 147 Å². The molecule has 1 amide bonds. The summed E-state index contributed by atoms with van der Waals surface area (Å²) in [6.07, 6.45) is -1.23. The maximum atomic E-state index is 12.7. The molecule has 130 valence electrons. The number of aryl methyl sites for hydroxylation is 1. The molecule has 25 heavy (non-hydrogen) atoms. The van der Waals surface area contributed by atoms with Crippen LogP contribution in [0, 0.1) is 6.92 Å². The van der Waals surface area contributed by atoms with E-state index in [4.69, 9.17) is 5.73 Å². The highest BCUT2D eigenvalue weighted by molar-refractivity contribution is 6.24. The van der Waals surface area contributed by atoms with Gasteiger partial charge in [-0.2, -0.15) is 0 Å². The van der Waals surface area contributed by atoms with E-state index in [-0.39, 0.29) is 17.7 Å². The van der Waals surface area contributed by atoms with Gasteiger partial charge in [0.1, 0.15) is 5.57 Å². The van der Waals surface area contributed by atoms with Crippen molar-refractivity contribution in [2.75, 3.05) is 7.05 Å². The summed E-state index contributed by atoms with van der Waals surface area (Å²) in [4.78, 5) is 24.8. The predicted octanol–water partition coefficient (Wildman–Crippen LogP) is 2.10. The molecular formula is C20H22N2O3. The SMILES string of the molecule is CNC(=O)/C(C(=O)CC(O)c1ccc(C)cc1)=C(\N)c1ccccc1. The van der Waals surface area contributed by atoms with E-state index in [2.05, 4.69) is 5.32 Å². The van der Waals surface area contributed by atoms with E-state index in [0.29, 0.717) is 11.1 Å². The summed E-state index contributed by atoms with van der Waals surface area (Å²) in [5.74, 6) is -1.07. The van der Waals surface area contributed by atoms with Crippen LogP contribution in [0.3, 0.4) is 0 Å². The molecule has 0 saturated carbocycles. The normalized spacial score (nSPS) is 12.9. The van der Waals surface area contributed by atoms with Gasteiger partial charge in [0.05, 0.1) is 11.8 Å². The average Bonchev–Trinajstić information content (AvgIpc) is 2.62. The summed E-state index contributed by atoms with van der Waals surface area (Å²) in [5, 5.41) is 12.8. The quantitative estimate of drug-likeness (QED) is 0.427. The number of hydrogen-bond donors (Lipinski definition) is 3. The summed E-state index contributed by atoms with van der Waals surface area (Å²) in [6, 6.07) is 16.1. The number of carbonyl (C=O) groups is 2. The molecule has 1 atom stereocenters. The molecule has 0 aliphatic carbocycles. The molecule has 4 N–H and O–H groups in total. The Kier molecular flexibility index (Phi) is 6.08. The number of hydrogen-bond acceptors (Lipinski definition) is 4. The van der Waals surface area contributed by atoms with Crippen LogP contribution >= 0.6 is 0 Å². The number of aliphatic hydroxyl groups excluding tert-OH is 1. The first-order valence-electron chi connectivity index (χ1n) is 7.99. The van der Waals surface area contributed by atoms with E-state index in [1.165, 1.54) is 7.05 Å². The van der Waals surface area contributed by atoms with Gasteiger partial charge in [0.2, 0.25) is 0 Å². The third kappa shape index (κ3) is 4.55. The second kappa shape index (κ2) is 8.26. The van der Waals surface area contributed by atoms with Crippen molar-refractivity contribution < 1.29 is 14.7 Å². The third-order valence-corrected chi connectivity index (χ3v) is 3.93. The van der Waals surface area contributed by atoms with Gasteiger partial charge < -0.3 is 16.2 Å². The number of nitrogens with two attached hydrogens (primary N) is 1. The fourth-order valence-corrected chi connectivity index (χ4v) is 2.47. The molecule has 2 aromatic rings. The van der Waals surface area contributed by atoms with Crippen molar-refractivity contribution >= 4 is 17.4 Å². The van der Waals surface area contributed by atoms with Gasteiger partial charge in [-0.3, -0.25) is 9.59 Å². The van der Waals surface area contributed by atoms with Crippen LogP contribution in [0.25, 0.3) is 5.70 Å². The molecule has 0 saturated heterocycles. The van der Waals surface area contributed by atoms with Crippen molar-refractivity contribution in [3.8, 4) is 0 Å². The molecule has 0 aromatic heterocycles. The number of ketones is 1. The van der Waals surface area contributed by atoms with Gasteiger partial charge in [0.25, 0.3) is 5.91 Å². The number of Topliss-reactive ketones (excluding diaryl/α,β-unsaturated/α-hetero) is 1. The molecule has 5 heteroatoms. The smallest absolute Gasteiger partial charge is 0.256 e. The van der Waals surface area contributed by atoms with Crippen molar-refractivity contribution in [3.05, 3.63) is 76.9 Å². The van der Waals surface area contributed by atoms with E-state index >= 15 is 0 Å². The van der Waals surface area contributed by atoms with E-state index in [0.717, 1.165) is 5.56 Å². The van der Waals surface area contributed by atoms with Gasteiger partial charge in [-0.25, -0.2) is 0 Å². The fraction of sp³-hybridized carbons (Fsp3) is 0.200. The average molecular weight is 338 g/mol. The standard InChI is InChI=1S/C20H22N2O3/c1-13-8-10-14(11-9-13)16(23)12-17(24)18(20(25)22-2)19(21)15-6-4-3-5-7-15/h3-11,16,23H,12,21H2,1-2H3,(H,22,25)/b19-18-. The first-order chi connectivity index (χ1) is 11.9. The largest absolute Gasteiger partial charge is 0.397 e. The molecule has 0 aliphatic heterocycles. The van der Waals surface area contributed by atoms with Crippen molar-refractivity contribution in [3.63, 3.8) is 0 Å². The van der Waals surface area contributed by atoms with Crippen LogP contribution in [-0.2, 0) is 9.59 Å². The summed E-state index contributed by atoms with van der Waals surface area (Å²) < 4.78 is 0. The van der Waals surface area contributed by atoms with Crippen LogP contribution in [0.5, 0.6) is 0 Å². The number of nitrogens with one attached hydrogen (secondary N) is 1. The van der Waals surface area contributed by atoms with Crippen LogP contribution in [0.15, 0.2) is 60.2 Å². The zero-order valence-electron chi connectivity index (χ0n) is 14.3. The van der Waals surface area contributed by atoms with Crippen LogP contribution < -0.4 is 11.1 Å². The van der Waals surface area contributed by atoms with Gasteiger partial charge in [-0.05, 0) is 18.1 Å². The van der Waals surface area contributed by atoms with Gasteiger partial charge in [-0.15, -0.1) is 0 Å². The predicted molar refractivity (Wildman–Crippen MR) is 97.4 cm³/mol. The fourth-order valence-electron chi connectivity index (χ4n) is 2.47. The van der Waals surface area contributed by atoms with Crippen molar-refractivity contribution in [1.29, 1.82) is 0 Å². The van der Waals surface area contributed by atoms with E-state index in [9.17, 15) is 14.7 Å². The Bertz CT molecular complexity index is 780. The molecular weight excluding hydrogens is 316 g/mol. The van der Waals surface area contributed by atoms with Crippen molar-refractivity contribution in [1.82, 2.24) is 5.32 Å². The van der Waals surface area contributed by atoms with E-state index in [1.54, 1.807) is 36.4 Å². The maximum Gasteiger partial charge on any atom is 0.256 e. The summed E-state index contributed by atoms with van der Waals surface area (Å²) in [6.45, 7) is 1.94. The zero-order valence-corrected chi connectivity index (χ0v) is 14.3. The summed E-state index contributed by atoms with van der Waals surface area (Å²) >= 11 is 0. The minimum atomic E-state index is -1.00. The lowest BCUT2D eigenvalue weighted by molar-refractivity contribution is -0.123. The van der Waals surface area contributed by atoms with E-state index < -0.39 is 17.8 Å². The Morgan fingerprint density at radius 2 is 1.68 bits per heavy atom. The molecule has 5 nitrogen and oxygen atoms in total. The maximum absolute atomic E-state index is 12.7. The Morgan fingerprint density at radius 1 is 1.08 bits per heavy atom. The number of benzene rings is 2. The highest BCUT2D eigenvalue weighted by Gasteiger charge is 2.24. The molecule has 0 aliphatic rings. The number of amides is 1. The summed E-state index contributed by atoms with van der Waals surface area (Å²) in [5.41, 5.74) is 8.29. The second-order valence-corrected chi connectivity index (χ2v) is 5.79. The second-order valence-electron chi connectivity index (χ2n) is 5.79. The molecule has 2 rings (SSSR count). The molecule has 1 unspecified atom stereocenters. The lowest BCUT2D eigenvalue weighted by Crippen LogP contribution is -2.28. The van der Waals surface area contributed by atoms with Gasteiger partial charge >= 0.3 is 0 Å². The minimum absolute atomic E-state index is 0.0982. The number of likely N-dealkylation sites (N-methyl/N-ethyl adjacent to an activating group) is 1. The Balaban J connectivity index is 2.30. The molecule has 0 heterocycles. The Morgan fingerprint density at radius 3 is 2.24 bits per heavy atom. The molecule has 0 bridgehead atoms. The van der Waals surface area contributed by atoms with Crippen LogP contribution in [0.2, 0.25) is 0 Å². The lowest BCUT2D eigenvalue weighted by Gasteiger charge is -2.14. The van der Waals surface area contributed by atoms with Crippen LogP contribution in [0.1, 0.15) is 29.2 Å². The minimum Gasteiger partial charge on any atom is -0.397 e. The van der Waals surface area contributed by atoms with Gasteiger partial charge in [0, 0.05) is 13.5 Å². The molecule has 0 fully saturated rings. The van der Waals surface area contributed by atoms with Gasteiger partial charge in [0.15, 0.2) is 5.78 Å². The highest BCUT2D eigenvalue weighted by atomic mass is 16.3. The number of carbonyl (C=O) groups excluding carboxylic acids is 2. The Hall–Kier alpha value is -2.92. The van der Waals surface area contributed by atoms with Crippen molar-refractivity contribution in [2.45, 2.75) is 19.4 Å². The molecule has 0 spiro atoms. The lowest BCUT2D eigenvalue weighted by atomic mass is 9.96. The number of rotatable bonds is 6. The third-order valence-electron chi connectivity index (χ3n) is 3.93. The monoisotopic (exact) mass is 338 g/mol. The summed E-state index contributed by atoms with van der Waals surface area (Å²) in [7, 11) is 1.43. The molecule has 2 aromatic carbocycles. The van der Waals surface area contributed by atoms with Gasteiger partial charge in [-0.1, -0.05) is 60.2 Å². The van der Waals surface area contributed by atoms with Crippen molar-refractivity contribution in [2.24, 2.45) is 5.73 Å².